The second-order valence-electron chi connectivity index (χ2n) is 9.55. The lowest BCUT2D eigenvalue weighted by molar-refractivity contribution is 0.0932. The lowest BCUT2D eigenvalue weighted by Gasteiger charge is -2.41. The lowest BCUT2D eigenvalue weighted by Crippen LogP contribution is -2.50. The molecule has 8 nitrogen and oxygen atoms in total. The molecule has 1 aliphatic rings. The standard InChI is InChI=1S/C26H38N4O4S/c1-29(2)18-19-30(3)35(32,33)28-22-14-16-26(17-15-22,21-10-6-5-7-11-21)20-27-25(31)23-12-8-9-13-24(23)34-4/h5-13,22,28H,14-20H2,1-4H3,(H,27,31)/t22-,26-. The van der Waals surface area contributed by atoms with E-state index in [0.29, 0.717) is 43.8 Å². The first-order chi connectivity index (χ1) is 16.7. The third kappa shape index (κ3) is 7.04. The van der Waals surface area contributed by atoms with E-state index in [9.17, 15) is 13.2 Å². The number of methoxy groups -OCH3 is 1. The number of rotatable bonds is 11. The second-order valence-corrected chi connectivity index (χ2v) is 11.4. The van der Waals surface area contributed by atoms with Gasteiger partial charge in [0.25, 0.3) is 16.1 Å². The van der Waals surface area contributed by atoms with Crippen LogP contribution in [0.15, 0.2) is 54.6 Å². The summed E-state index contributed by atoms with van der Waals surface area (Å²) in [4.78, 5) is 14.9. The van der Waals surface area contributed by atoms with Crippen LogP contribution in [-0.4, -0.2) is 77.5 Å². The fourth-order valence-corrected chi connectivity index (χ4v) is 5.74. The van der Waals surface area contributed by atoms with Gasteiger partial charge in [0.1, 0.15) is 5.75 Å². The summed E-state index contributed by atoms with van der Waals surface area (Å²) in [5, 5.41) is 3.12. The quantitative estimate of drug-likeness (QED) is 0.493. The normalized spacial score (nSPS) is 20.7. The van der Waals surface area contributed by atoms with Crippen LogP contribution < -0.4 is 14.8 Å². The summed E-state index contributed by atoms with van der Waals surface area (Å²) in [6.45, 7) is 1.55. The molecule has 3 rings (SSSR count). The van der Waals surface area contributed by atoms with E-state index >= 15 is 0 Å². The van der Waals surface area contributed by atoms with Crippen molar-refractivity contribution >= 4 is 16.1 Å². The first-order valence-electron chi connectivity index (χ1n) is 12.0. The summed E-state index contributed by atoms with van der Waals surface area (Å²) in [6, 6.07) is 17.2. The number of carbonyl (C=O) groups excluding carboxylic acids is 1. The molecule has 0 spiro atoms. The zero-order chi connectivity index (χ0) is 25.5. The van der Waals surface area contributed by atoms with Gasteiger partial charge < -0.3 is 15.0 Å². The van der Waals surface area contributed by atoms with Crippen molar-refractivity contribution in [2.75, 3.05) is 47.9 Å². The topological polar surface area (TPSA) is 91.0 Å². The van der Waals surface area contributed by atoms with Crippen molar-refractivity contribution in [2.24, 2.45) is 0 Å². The highest BCUT2D eigenvalue weighted by atomic mass is 32.2. The Labute approximate surface area is 209 Å². The van der Waals surface area contributed by atoms with Gasteiger partial charge in [0.2, 0.25) is 0 Å². The maximum absolute atomic E-state index is 13.0. The number of likely N-dealkylation sites (N-methyl/N-ethyl adjacent to an activating group) is 2. The first kappa shape index (κ1) is 27.1. The molecule has 0 radical (unpaired) electrons. The molecule has 1 fully saturated rings. The number of nitrogens with zero attached hydrogens (tertiary/aromatic N) is 2. The van der Waals surface area contributed by atoms with Gasteiger partial charge in [-0.3, -0.25) is 4.79 Å². The average molecular weight is 503 g/mol. The summed E-state index contributed by atoms with van der Waals surface area (Å²) in [6.07, 6.45) is 2.91. The van der Waals surface area contributed by atoms with Crippen LogP contribution in [0.2, 0.25) is 0 Å². The zero-order valence-electron chi connectivity index (χ0n) is 21.2. The van der Waals surface area contributed by atoms with Crippen LogP contribution in [0.3, 0.4) is 0 Å². The second kappa shape index (κ2) is 12.0. The van der Waals surface area contributed by atoms with Crippen LogP contribution in [0.4, 0.5) is 0 Å². The maximum atomic E-state index is 13.0. The largest absolute Gasteiger partial charge is 0.496 e. The number of nitrogens with one attached hydrogen (secondary N) is 2. The molecule has 0 atom stereocenters. The van der Waals surface area contributed by atoms with Crippen molar-refractivity contribution in [3.8, 4) is 5.75 Å². The minimum absolute atomic E-state index is 0.136. The van der Waals surface area contributed by atoms with E-state index < -0.39 is 10.2 Å². The molecule has 2 aromatic carbocycles. The lowest BCUT2D eigenvalue weighted by atomic mass is 9.68. The van der Waals surface area contributed by atoms with Gasteiger partial charge in [-0.05, 0) is 57.5 Å². The monoisotopic (exact) mass is 502 g/mol. The number of ether oxygens (including phenoxy) is 1. The van der Waals surface area contributed by atoms with Crippen LogP contribution in [0, 0.1) is 0 Å². The smallest absolute Gasteiger partial charge is 0.279 e. The molecule has 9 heteroatoms. The molecule has 1 saturated carbocycles. The molecule has 0 heterocycles. The third-order valence-electron chi connectivity index (χ3n) is 6.86. The van der Waals surface area contributed by atoms with Gasteiger partial charge in [-0.15, -0.1) is 0 Å². The van der Waals surface area contributed by atoms with E-state index in [-0.39, 0.29) is 17.4 Å². The average Bonchev–Trinajstić information content (AvgIpc) is 2.87. The predicted molar refractivity (Wildman–Crippen MR) is 139 cm³/mol. The third-order valence-corrected chi connectivity index (χ3v) is 8.49. The zero-order valence-corrected chi connectivity index (χ0v) is 22.0. The summed E-state index contributed by atoms with van der Waals surface area (Å²) < 4.78 is 35.2. The van der Waals surface area contributed by atoms with E-state index in [4.69, 9.17) is 4.74 Å². The molecule has 2 N–H and O–H groups in total. The van der Waals surface area contributed by atoms with E-state index in [1.165, 1.54) is 4.31 Å². The molecule has 0 bridgehead atoms. The van der Waals surface area contributed by atoms with Crippen LogP contribution in [-0.2, 0) is 15.6 Å². The highest BCUT2D eigenvalue weighted by Gasteiger charge is 2.38. The Bertz CT molecular complexity index is 1070. The number of hydrogen-bond acceptors (Lipinski definition) is 5. The van der Waals surface area contributed by atoms with E-state index in [1.807, 2.05) is 49.3 Å². The van der Waals surface area contributed by atoms with Gasteiger partial charge >= 0.3 is 0 Å². The summed E-state index contributed by atoms with van der Waals surface area (Å²) in [7, 11) is 3.45. The van der Waals surface area contributed by atoms with E-state index in [0.717, 1.165) is 18.4 Å². The van der Waals surface area contributed by atoms with Crippen molar-refractivity contribution in [2.45, 2.75) is 37.1 Å². The molecule has 1 aliphatic carbocycles. The van der Waals surface area contributed by atoms with Gasteiger partial charge in [0.05, 0.1) is 12.7 Å². The molecule has 0 aromatic heterocycles. The number of amides is 1. The maximum Gasteiger partial charge on any atom is 0.279 e. The first-order valence-corrected chi connectivity index (χ1v) is 13.5. The van der Waals surface area contributed by atoms with Crippen LogP contribution in [0.1, 0.15) is 41.6 Å². The minimum atomic E-state index is -3.55. The number of hydrogen-bond donors (Lipinski definition) is 2. The van der Waals surface area contributed by atoms with Crippen LogP contribution >= 0.6 is 0 Å². The highest BCUT2D eigenvalue weighted by molar-refractivity contribution is 7.87. The highest BCUT2D eigenvalue weighted by Crippen LogP contribution is 2.39. The fourth-order valence-electron chi connectivity index (χ4n) is 4.59. The van der Waals surface area contributed by atoms with Crippen molar-refractivity contribution in [1.82, 2.24) is 19.2 Å². The van der Waals surface area contributed by atoms with Gasteiger partial charge in [-0.25, -0.2) is 0 Å². The van der Waals surface area contributed by atoms with Crippen molar-refractivity contribution in [3.05, 3.63) is 65.7 Å². The fraction of sp³-hybridized carbons (Fsp3) is 0.500. The number of benzene rings is 2. The molecule has 192 valence electrons. The summed E-state index contributed by atoms with van der Waals surface area (Å²) in [5.74, 6) is 0.360. The van der Waals surface area contributed by atoms with E-state index in [1.54, 1.807) is 26.3 Å². The molecule has 0 saturated heterocycles. The molecule has 0 aliphatic heterocycles. The van der Waals surface area contributed by atoms with Gasteiger partial charge in [0.15, 0.2) is 0 Å². The Morgan fingerprint density at radius 2 is 1.63 bits per heavy atom. The Morgan fingerprint density at radius 1 is 1.00 bits per heavy atom. The summed E-state index contributed by atoms with van der Waals surface area (Å²) in [5.41, 5.74) is 1.39. The molecule has 2 aromatic rings. The van der Waals surface area contributed by atoms with Gasteiger partial charge in [-0.2, -0.15) is 17.4 Å². The molecular weight excluding hydrogens is 464 g/mol. The van der Waals surface area contributed by atoms with E-state index in [2.05, 4.69) is 22.2 Å². The Hall–Kier alpha value is -2.46. The molecule has 0 unspecified atom stereocenters. The van der Waals surface area contributed by atoms with Crippen molar-refractivity contribution < 1.29 is 17.9 Å². The van der Waals surface area contributed by atoms with Gasteiger partial charge in [0, 0.05) is 38.1 Å². The predicted octanol–water partition coefficient (Wildman–Crippen LogP) is 2.63. The summed E-state index contributed by atoms with van der Waals surface area (Å²) >= 11 is 0. The minimum Gasteiger partial charge on any atom is -0.496 e. The Kier molecular flexibility index (Phi) is 9.29. The van der Waals surface area contributed by atoms with Crippen LogP contribution in [0.5, 0.6) is 5.75 Å². The van der Waals surface area contributed by atoms with Gasteiger partial charge in [-0.1, -0.05) is 42.5 Å². The number of para-hydroxylation sites is 1. The molecule has 35 heavy (non-hydrogen) atoms. The Balaban J connectivity index is 1.69. The van der Waals surface area contributed by atoms with Crippen molar-refractivity contribution in [1.29, 1.82) is 0 Å². The molecule has 1 amide bonds. The molecular formula is C26H38N4O4S. The number of carbonyl (C=O) groups is 1. The Morgan fingerprint density at radius 3 is 2.26 bits per heavy atom. The SMILES string of the molecule is COc1ccccc1C(=O)NC[C@]1(c2ccccc2)CC[C@H](NS(=O)(=O)N(C)CCN(C)C)CC1. The van der Waals surface area contributed by atoms with Crippen molar-refractivity contribution in [3.63, 3.8) is 0 Å². The van der Waals surface area contributed by atoms with Crippen LogP contribution in [0.25, 0.3) is 0 Å².